The van der Waals surface area contributed by atoms with Gasteiger partial charge in [0, 0.05) is 19.4 Å². The number of carbonyl (C=O) groups excluding carboxylic acids is 2. The minimum atomic E-state index is -1.57. The summed E-state index contributed by atoms with van der Waals surface area (Å²) < 4.78 is 41.3. The Morgan fingerprint density at radius 3 is 2.24 bits per heavy atom. The van der Waals surface area contributed by atoms with Gasteiger partial charge in [-0.05, 0) is 85.5 Å². The molecule has 0 aromatic carbocycles. The number of hydrogen-bond donors (Lipinski definition) is 6. The average Bonchev–Trinajstić information content (AvgIpc) is 3.15. The highest BCUT2D eigenvalue weighted by molar-refractivity contribution is 5.89. The summed E-state index contributed by atoms with van der Waals surface area (Å²) in [4.78, 5) is 26.2. The number of aliphatic hydroxyl groups is 6. The third-order valence-corrected chi connectivity index (χ3v) is 11.0. The Balaban J connectivity index is 2.01. The second-order valence-electron chi connectivity index (χ2n) is 17.3. The molecule has 0 spiro atoms. The normalized spacial score (nSPS) is 39.8. The molecule has 0 bridgehead atoms. The van der Waals surface area contributed by atoms with Crippen molar-refractivity contribution in [3.05, 3.63) is 58.7 Å². The molecule has 2 fully saturated rings. The molecule has 3 aliphatic heterocycles. The molecule has 0 aromatic heterocycles. The SMILES string of the molecule is CCC1/C=C(\C)C(O)C/C=C/C=C(\COC2OC(C)C(O)C(O)C2OC)C(=O)OC(C(C)(C)O)C/C=C(C)/C=C(\C)C1OC1OC(C)(C)C(OC(=O)C(C)C)C(O)C1O. The van der Waals surface area contributed by atoms with Crippen molar-refractivity contribution < 1.29 is 73.4 Å². The number of aliphatic hydroxyl groups excluding tert-OH is 5. The molecule has 6 N–H and O–H groups in total. The van der Waals surface area contributed by atoms with Gasteiger partial charge >= 0.3 is 11.9 Å². The molecular formula is C44H70O15. The Morgan fingerprint density at radius 1 is 0.983 bits per heavy atom. The van der Waals surface area contributed by atoms with Crippen molar-refractivity contribution in [1.29, 1.82) is 0 Å². The van der Waals surface area contributed by atoms with Gasteiger partial charge in [-0.3, -0.25) is 4.79 Å². The van der Waals surface area contributed by atoms with E-state index in [-0.39, 0.29) is 30.9 Å². The van der Waals surface area contributed by atoms with E-state index in [4.69, 9.17) is 33.2 Å². The Kier molecular flexibility index (Phi) is 18.7. The summed E-state index contributed by atoms with van der Waals surface area (Å²) >= 11 is 0. The van der Waals surface area contributed by atoms with Crippen LogP contribution in [0.1, 0.15) is 95.4 Å². The van der Waals surface area contributed by atoms with Crippen LogP contribution in [0.25, 0.3) is 0 Å². The van der Waals surface area contributed by atoms with Crippen LogP contribution < -0.4 is 0 Å². The van der Waals surface area contributed by atoms with Crippen LogP contribution in [-0.2, 0) is 42.7 Å². The van der Waals surface area contributed by atoms with Gasteiger partial charge in [0.05, 0.1) is 42.0 Å². The number of esters is 2. The maximum atomic E-state index is 13.8. The number of rotatable bonds is 10. The molecule has 3 heterocycles. The molecule has 13 atom stereocenters. The number of carbonyl (C=O) groups is 2. The minimum absolute atomic E-state index is 0.0531. The van der Waals surface area contributed by atoms with Crippen LogP contribution in [0, 0.1) is 11.8 Å². The van der Waals surface area contributed by atoms with Crippen molar-refractivity contribution in [1.82, 2.24) is 0 Å². The van der Waals surface area contributed by atoms with Crippen LogP contribution in [0.15, 0.2) is 58.7 Å². The van der Waals surface area contributed by atoms with Crippen LogP contribution in [0.5, 0.6) is 0 Å². The topological polar surface area (TPSA) is 220 Å². The van der Waals surface area contributed by atoms with E-state index < -0.39 is 103 Å². The zero-order valence-corrected chi connectivity index (χ0v) is 36.7. The van der Waals surface area contributed by atoms with Crippen molar-refractivity contribution in [3.8, 4) is 0 Å². The Bertz CT molecular complexity index is 1550. The van der Waals surface area contributed by atoms with Crippen LogP contribution in [0.4, 0.5) is 0 Å². The van der Waals surface area contributed by atoms with E-state index in [1.165, 1.54) is 27.0 Å². The first-order valence-electron chi connectivity index (χ1n) is 20.5. The van der Waals surface area contributed by atoms with Gasteiger partial charge in [-0.2, -0.15) is 0 Å². The van der Waals surface area contributed by atoms with Crippen molar-refractivity contribution >= 4 is 11.9 Å². The smallest absolute Gasteiger partial charge is 0.336 e. The molecule has 3 rings (SSSR count). The number of cyclic esters (lactones) is 1. The fourth-order valence-corrected chi connectivity index (χ4v) is 7.12. The summed E-state index contributed by atoms with van der Waals surface area (Å²) in [7, 11) is 1.34. The molecule has 3 aliphatic rings. The van der Waals surface area contributed by atoms with E-state index in [0.717, 1.165) is 5.57 Å². The zero-order chi connectivity index (χ0) is 44.6. The Labute approximate surface area is 349 Å². The van der Waals surface area contributed by atoms with Crippen LogP contribution in [-0.4, -0.2) is 141 Å². The van der Waals surface area contributed by atoms with E-state index >= 15 is 0 Å². The monoisotopic (exact) mass is 838 g/mol. The number of hydrogen-bond acceptors (Lipinski definition) is 15. The van der Waals surface area contributed by atoms with Gasteiger partial charge in [-0.15, -0.1) is 0 Å². The van der Waals surface area contributed by atoms with Crippen LogP contribution >= 0.6 is 0 Å². The predicted octanol–water partition coefficient (Wildman–Crippen LogP) is 3.48. The van der Waals surface area contributed by atoms with E-state index in [0.29, 0.717) is 17.6 Å². The molecule has 0 aromatic rings. The Morgan fingerprint density at radius 2 is 1.64 bits per heavy atom. The first-order chi connectivity index (χ1) is 27.4. The van der Waals surface area contributed by atoms with Gasteiger partial charge in [0.1, 0.15) is 42.2 Å². The molecule has 0 radical (unpaired) electrons. The molecule has 15 heteroatoms. The fraction of sp³-hybridized carbons (Fsp3) is 0.727. The lowest BCUT2D eigenvalue weighted by atomic mass is 9.88. The van der Waals surface area contributed by atoms with Gasteiger partial charge in [-0.25, -0.2) is 4.79 Å². The molecule has 59 heavy (non-hydrogen) atoms. The highest BCUT2D eigenvalue weighted by Crippen LogP contribution is 2.36. The highest BCUT2D eigenvalue weighted by Gasteiger charge is 2.53. The molecule has 336 valence electrons. The Hall–Kier alpha value is -2.80. The third kappa shape index (κ3) is 13.6. The minimum Gasteiger partial charge on any atom is -0.456 e. The standard InChI is InChI=1S/C44H70O15/c1-13-28-21-25(5)30(45)17-15-14-16-29(22-54-42-37(53-12)33(47)32(46)27(7)55-42)40(51)56-31(43(8,9)52)19-18-24(4)20-26(6)36(28)57-41-35(49)34(48)38(44(10,11)59-41)58-39(50)23(2)3/h14-16,18,20-21,23,27-28,30-38,41-42,45-49,52H,13,17,19,22H2,1-12H3/b15-14+,24-18+,25-21+,26-20+,29-16+. The second-order valence-corrected chi connectivity index (χ2v) is 17.3. The lowest BCUT2D eigenvalue weighted by molar-refractivity contribution is -0.333. The fourth-order valence-electron chi connectivity index (χ4n) is 7.12. The van der Waals surface area contributed by atoms with Crippen molar-refractivity contribution in [2.45, 2.75) is 180 Å². The van der Waals surface area contributed by atoms with E-state index in [1.807, 2.05) is 39.0 Å². The van der Waals surface area contributed by atoms with Gasteiger partial charge < -0.3 is 63.8 Å². The number of ether oxygens (including phenoxy) is 7. The average molecular weight is 839 g/mol. The summed E-state index contributed by atoms with van der Waals surface area (Å²) in [5.41, 5.74) is -0.577. The molecule has 15 nitrogen and oxygen atoms in total. The van der Waals surface area contributed by atoms with Gasteiger partial charge in [0.15, 0.2) is 18.7 Å². The lowest BCUT2D eigenvalue weighted by Crippen LogP contribution is -2.64. The molecule has 0 saturated carbocycles. The van der Waals surface area contributed by atoms with Crippen LogP contribution in [0.3, 0.4) is 0 Å². The first-order valence-corrected chi connectivity index (χ1v) is 20.5. The zero-order valence-electron chi connectivity index (χ0n) is 36.7. The van der Waals surface area contributed by atoms with Gasteiger partial charge in [0.25, 0.3) is 0 Å². The van der Waals surface area contributed by atoms with Crippen molar-refractivity contribution in [2.24, 2.45) is 11.8 Å². The predicted molar refractivity (Wildman–Crippen MR) is 217 cm³/mol. The summed E-state index contributed by atoms with van der Waals surface area (Å²) in [6.07, 6.45) is -2.60. The highest BCUT2D eigenvalue weighted by atomic mass is 16.7. The third-order valence-electron chi connectivity index (χ3n) is 11.0. The van der Waals surface area contributed by atoms with Crippen molar-refractivity contribution in [3.63, 3.8) is 0 Å². The largest absolute Gasteiger partial charge is 0.456 e. The van der Waals surface area contributed by atoms with Crippen molar-refractivity contribution in [2.75, 3.05) is 13.7 Å². The van der Waals surface area contributed by atoms with Crippen LogP contribution in [0.2, 0.25) is 0 Å². The van der Waals surface area contributed by atoms with E-state index in [9.17, 15) is 40.2 Å². The van der Waals surface area contributed by atoms with E-state index in [1.54, 1.807) is 53.7 Å². The molecule has 13 unspecified atom stereocenters. The first kappa shape index (κ1) is 50.6. The summed E-state index contributed by atoms with van der Waals surface area (Å²) in [6.45, 7) is 18.4. The molecule has 2 saturated heterocycles. The lowest BCUT2D eigenvalue weighted by Gasteiger charge is -2.47. The van der Waals surface area contributed by atoms with Gasteiger partial charge in [-0.1, -0.05) is 56.7 Å². The molecule has 0 amide bonds. The molecule has 0 aliphatic carbocycles. The maximum Gasteiger partial charge on any atom is 0.336 e. The quantitative estimate of drug-likeness (QED) is 0.137. The molecular weight excluding hydrogens is 768 g/mol. The summed E-state index contributed by atoms with van der Waals surface area (Å²) in [5, 5.41) is 65.8. The van der Waals surface area contributed by atoms with Gasteiger partial charge in [0.2, 0.25) is 0 Å². The maximum absolute atomic E-state index is 13.8. The number of allylic oxidation sites excluding steroid dienone is 4. The summed E-state index contributed by atoms with van der Waals surface area (Å²) in [6, 6.07) is 0. The summed E-state index contributed by atoms with van der Waals surface area (Å²) in [5.74, 6) is -2.14. The second kappa shape index (κ2) is 21.8. The van der Waals surface area contributed by atoms with E-state index in [2.05, 4.69) is 0 Å². The number of methoxy groups -OCH3 is 1.